The average Bonchev–Trinajstić information content (AvgIpc) is 3.24. The van der Waals surface area contributed by atoms with Gasteiger partial charge >= 0.3 is 0 Å². The maximum Gasteiger partial charge on any atom is 0.135 e. The van der Waals surface area contributed by atoms with Crippen LogP contribution in [0.25, 0.3) is 60.9 Å². The van der Waals surface area contributed by atoms with Crippen molar-refractivity contribution in [2.45, 2.75) is 0 Å². The van der Waals surface area contributed by atoms with Gasteiger partial charge in [-0.2, -0.15) is 0 Å². The lowest BCUT2D eigenvalue weighted by Gasteiger charge is -2.13. The Morgan fingerprint density at radius 2 is 0.921 bits per heavy atom. The van der Waals surface area contributed by atoms with E-state index in [4.69, 9.17) is 4.74 Å². The van der Waals surface area contributed by atoms with Gasteiger partial charge in [-0.25, -0.2) is 0 Å². The van der Waals surface area contributed by atoms with Crippen LogP contribution < -0.4 is 4.74 Å². The Bertz CT molecular complexity index is 1940. The van der Waals surface area contributed by atoms with Crippen LogP contribution in [0.3, 0.4) is 0 Å². The Balaban J connectivity index is 1.25. The SMILES string of the molecule is c1ccc2c(c1)Oc1ccc(-c3ccc(-n4c5ccccc5c5ccccc54)cc3)cc1-c1ccccc1-2. The summed E-state index contributed by atoms with van der Waals surface area (Å²) in [5, 5.41) is 2.55. The number of benzene rings is 6. The zero-order chi connectivity index (χ0) is 25.1. The van der Waals surface area contributed by atoms with Crippen LogP contribution in [0.1, 0.15) is 0 Å². The quantitative estimate of drug-likeness (QED) is 0.238. The molecule has 0 saturated carbocycles. The lowest BCUT2D eigenvalue weighted by molar-refractivity contribution is 0.488. The maximum atomic E-state index is 6.42. The molecule has 2 heterocycles. The molecule has 2 nitrogen and oxygen atoms in total. The molecule has 0 fully saturated rings. The van der Waals surface area contributed by atoms with Gasteiger partial charge in [-0.15, -0.1) is 0 Å². The van der Waals surface area contributed by atoms with Crippen molar-refractivity contribution in [3.8, 4) is 50.6 Å². The van der Waals surface area contributed by atoms with E-state index in [1.165, 1.54) is 44.1 Å². The number of nitrogens with zero attached hydrogens (tertiary/aromatic N) is 1. The molecular formula is C36H23NO. The lowest BCUT2D eigenvalue weighted by atomic mass is 9.92. The van der Waals surface area contributed by atoms with Crippen molar-refractivity contribution < 1.29 is 4.74 Å². The monoisotopic (exact) mass is 485 g/mol. The normalized spacial score (nSPS) is 11.9. The molecule has 0 saturated heterocycles. The van der Waals surface area contributed by atoms with E-state index in [1.807, 2.05) is 12.1 Å². The van der Waals surface area contributed by atoms with Crippen LogP contribution in [0.2, 0.25) is 0 Å². The molecule has 7 aromatic rings. The van der Waals surface area contributed by atoms with Gasteiger partial charge in [-0.1, -0.05) is 97.1 Å². The second kappa shape index (κ2) is 8.22. The maximum absolute atomic E-state index is 6.42. The third-order valence-electron chi connectivity index (χ3n) is 7.63. The Hall–Kier alpha value is -5.08. The van der Waals surface area contributed by atoms with Crippen molar-refractivity contribution in [1.82, 2.24) is 4.57 Å². The first-order chi connectivity index (χ1) is 18.8. The Morgan fingerprint density at radius 3 is 1.63 bits per heavy atom. The molecule has 0 unspecified atom stereocenters. The molecule has 8 rings (SSSR count). The molecule has 2 heteroatoms. The van der Waals surface area contributed by atoms with Crippen LogP contribution in [0.5, 0.6) is 11.5 Å². The van der Waals surface area contributed by atoms with E-state index in [0.717, 1.165) is 28.3 Å². The Labute approximate surface area is 221 Å². The summed E-state index contributed by atoms with van der Waals surface area (Å²) in [5.41, 5.74) is 10.6. The first-order valence-electron chi connectivity index (χ1n) is 12.9. The van der Waals surface area contributed by atoms with Crippen molar-refractivity contribution in [3.63, 3.8) is 0 Å². The number of ether oxygens (including phenoxy) is 1. The molecular weight excluding hydrogens is 462 g/mol. The highest BCUT2D eigenvalue weighted by Gasteiger charge is 2.20. The molecule has 0 N–H and O–H groups in total. The van der Waals surface area contributed by atoms with Crippen molar-refractivity contribution >= 4 is 21.8 Å². The van der Waals surface area contributed by atoms with E-state index in [2.05, 4.69) is 132 Å². The van der Waals surface area contributed by atoms with E-state index < -0.39 is 0 Å². The molecule has 1 aromatic heterocycles. The predicted molar refractivity (Wildman–Crippen MR) is 157 cm³/mol. The smallest absolute Gasteiger partial charge is 0.135 e. The summed E-state index contributed by atoms with van der Waals surface area (Å²) in [6.45, 7) is 0. The van der Waals surface area contributed by atoms with Gasteiger partial charge in [0.2, 0.25) is 0 Å². The lowest BCUT2D eigenvalue weighted by Crippen LogP contribution is -1.93. The summed E-state index contributed by atoms with van der Waals surface area (Å²) in [7, 11) is 0. The van der Waals surface area contributed by atoms with Crippen molar-refractivity contribution in [1.29, 1.82) is 0 Å². The number of hydrogen-bond acceptors (Lipinski definition) is 1. The number of fused-ring (bicyclic) bond motifs is 8. The molecule has 1 aliphatic rings. The zero-order valence-electron chi connectivity index (χ0n) is 20.6. The fourth-order valence-electron chi connectivity index (χ4n) is 5.86. The summed E-state index contributed by atoms with van der Waals surface area (Å²) in [4.78, 5) is 0. The van der Waals surface area contributed by atoms with Crippen LogP contribution in [0.15, 0.2) is 140 Å². The van der Waals surface area contributed by atoms with Crippen LogP contribution in [-0.4, -0.2) is 4.57 Å². The van der Waals surface area contributed by atoms with E-state index >= 15 is 0 Å². The summed E-state index contributed by atoms with van der Waals surface area (Å²) in [5.74, 6) is 1.77. The fourth-order valence-corrected chi connectivity index (χ4v) is 5.86. The second-order valence-electron chi connectivity index (χ2n) is 9.77. The molecule has 0 bridgehead atoms. The molecule has 38 heavy (non-hydrogen) atoms. The number of rotatable bonds is 2. The van der Waals surface area contributed by atoms with Crippen LogP contribution in [0.4, 0.5) is 0 Å². The summed E-state index contributed by atoms with van der Waals surface area (Å²) >= 11 is 0. The third kappa shape index (κ3) is 3.14. The van der Waals surface area contributed by atoms with E-state index in [1.54, 1.807) is 0 Å². The molecule has 0 radical (unpaired) electrons. The van der Waals surface area contributed by atoms with E-state index in [0.29, 0.717) is 0 Å². The fraction of sp³-hybridized carbons (Fsp3) is 0. The standard InChI is InChI=1S/C36H23NO/c1-2-10-28-27(9-1)31-13-5-8-16-35(31)38-36-22-19-25(23-32(28)36)24-17-20-26(21-18-24)37-33-14-6-3-11-29(33)30-12-4-7-15-34(30)37/h1-23H. The molecule has 0 spiro atoms. The van der Waals surface area contributed by atoms with Crippen LogP contribution in [-0.2, 0) is 0 Å². The Morgan fingerprint density at radius 1 is 0.395 bits per heavy atom. The highest BCUT2D eigenvalue weighted by molar-refractivity contribution is 6.09. The number of para-hydroxylation sites is 3. The van der Waals surface area contributed by atoms with E-state index in [9.17, 15) is 0 Å². The molecule has 0 aliphatic carbocycles. The van der Waals surface area contributed by atoms with Gasteiger partial charge < -0.3 is 9.30 Å². The largest absolute Gasteiger partial charge is 0.456 e. The van der Waals surface area contributed by atoms with Gasteiger partial charge in [0.1, 0.15) is 11.5 Å². The molecule has 6 aromatic carbocycles. The average molecular weight is 486 g/mol. The zero-order valence-corrected chi connectivity index (χ0v) is 20.6. The molecule has 178 valence electrons. The van der Waals surface area contributed by atoms with Gasteiger partial charge in [0.05, 0.1) is 11.0 Å². The van der Waals surface area contributed by atoms with Crippen LogP contribution in [0, 0.1) is 0 Å². The van der Waals surface area contributed by atoms with Gasteiger partial charge in [-0.05, 0) is 64.7 Å². The summed E-state index contributed by atoms with van der Waals surface area (Å²) < 4.78 is 8.78. The number of aromatic nitrogens is 1. The van der Waals surface area contributed by atoms with E-state index in [-0.39, 0.29) is 0 Å². The minimum atomic E-state index is 0.882. The van der Waals surface area contributed by atoms with Crippen molar-refractivity contribution in [2.75, 3.05) is 0 Å². The molecule has 0 atom stereocenters. The first kappa shape index (κ1) is 21.0. The highest BCUT2D eigenvalue weighted by atomic mass is 16.5. The minimum Gasteiger partial charge on any atom is -0.456 e. The topological polar surface area (TPSA) is 14.2 Å². The molecule has 0 amide bonds. The minimum absolute atomic E-state index is 0.882. The first-order valence-corrected chi connectivity index (χ1v) is 12.9. The number of hydrogen-bond donors (Lipinski definition) is 0. The Kier molecular flexibility index (Phi) is 4.55. The van der Waals surface area contributed by atoms with Gasteiger partial charge in [0.15, 0.2) is 0 Å². The van der Waals surface area contributed by atoms with Gasteiger partial charge in [0, 0.05) is 27.6 Å². The van der Waals surface area contributed by atoms with Gasteiger partial charge in [0.25, 0.3) is 0 Å². The van der Waals surface area contributed by atoms with Gasteiger partial charge in [-0.3, -0.25) is 0 Å². The highest BCUT2D eigenvalue weighted by Crippen LogP contribution is 2.47. The van der Waals surface area contributed by atoms with Crippen LogP contribution >= 0.6 is 0 Å². The molecule has 1 aliphatic heterocycles. The predicted octanol–water partition coefficient (Wildman–Crippen LogP) is 9.89. The van der Waals surface area contributed by atoms with Crippen molar-refractivity contribution in [3.05, 3.63) is 140 Å². The third-order valence-corrected chi connectivity index (χ3v) is 7.63. The second-order valence-corrected chi connectivity index (χ2v) is 9.77. The van der Waals surface area contributed by atoms with Crippen molar-refractivity contribution in [2.24, 2.45) is 0 Å². The summed E-state index contributed by atoms with van der Waals surface area (Å²) in [6.07, 6.45) is 0. The summed E-state index contributed by atoms with van der Waals surface area (Å²) in [6, 6.07) is 49.5.